The van der Waals surface area contributed by atoms with Crippen LogP contribution in [0.2, 0.25) is 0 Å². The number of hydrogen-bond donors (Lipinski definition) is 1. The summed E-state index contributed by atoms with van der Waals surface area (Å²) in [6.45, 7) is 1.69. The molecule has 3 amide bonds. The predicted molar refractivity (Wildman–Crippen MR) is 39.6 cm³/mol. The Hall–Kier alpha value is -1.06. The summed E-state index contributed by atoms with van der Waals surface area (Å²) >= 11 is 0. The second kappa shape index (κ2) is 3.87. The van der Waals surface area contributed by atoms with E-state index in [0.29, 0.717) is 6.42 Å². The molecule has 0 aromatic carbocycles. The van der Waals surface area contributed by atoms with Crippen molar-refractivity contribution in [2.75, 3.05) is 14.1 Å². The summed E-state index contributed by atoms with van der Waals surface area (Å²) in [4.78, 5) is 22.6. The van der Waals surface area contributed by atoms with Crippen LogP contribution in [0.3, 0.4) is 0 Å². The molecule has 4 heteroatoms. The minimum atomic E-state index is -0.369. The number of imide groups is 1. The standard InChI is InChI=1S/C6H12N2O2.H2/c1-4-5(9)7-6(10)8(2)3;/h4H2,1-3H3,(H,7,9,10);1H. The predicted octanol–water partition coefficient (Wildman–Crippen LogP) is 0.440. The average molecular weight is 146 g/mol. The molecule has 0 unspecified atom stereocenters. The molecule has 0 aliphatic rings. The van der Waals surface area contributed by atoms with E-state index in [9.17, 15) is 9.59 Å². The Morgan fingerprint density at radius 3 is 2.30 bits per heavy atom. The van der Waals surface area contributed by atoms with Crippen molar-refractivity contribution in [3.05, 3.63) is 0 Å². The molecule has 0 heterocycles. The Morgan fingerprint density at radius 2 is 2.00 bits per heavy atom. The Morgan fingerprint density at radius 1 is 1.50 bits per heavy atom. The molecule has 4 nitrogen and oxygen atoms in total. The van der Waals surface area contributed by atoms with Gasteiger partial charge in [-0.15, -0.1) is 0 Å². The molecule has 0 saturated heterocycles. The van der Waals surface area contributed by atoms with Crippen LogP contribution >= 0.6 is 0 Å². The van der Waals surface area contributed by atoms with Crippen molar-refractivity contribution < 1.29 is 11.0 Å². The Labute approximate surface area is 61.7 Å². The lowest BCUT2D eigenvalue weighted by molar-refractivity contribution is -0.119. The fraction of sp³-hybridized carbons (Fsp3) is 0.667. The fourth-order valence-corrected chi connectivity index (χ4v) is 0.319. The number of nitrogens with zero attached hydrogens (tertiary/aromatic N) is 1. The van der Waals surface area contributed by atoms with Gasteiger partial charge in [0.1, 0.15) is 0 Å². The third-order valence-corrected chi connectivity index (χ3v) is 0.974. The van der Waals surface area contributed by atoms with Crippen LogP contribution < -0.4 is 5.32 Å². The lowest BCUT2D eigenvalue weighted by Gasteiger charge is -2.09. The number of nitrogens with one attached hydrogen (secondary N) is 1. The summed E-state index contributed by atoms with van der Waals surface area (Å²) in [6, 6.07) is -0.369. The Bertz CT molecular complexity index is 148. The largest absolute Gasteiger partial charge is 0.331 e. The highest BCUT2D eigenvalue weighted by molar-refractivity contribution is 5.93. The SMILES string of the molecule is CCC(=O)NC(=O)N(C)C.[HH]. The van der Waals surface area contributed by atoms with Gasteiger partial charge in [0, 0.05) is 21.9 Å². The second-order valence-corrected chi connectivity index (χ2v) is 2.10. The first-order chi connectivity index (χ1) is 4.57. The van der Waals surface area contributed by atoms with Gasteiger partial charge in [-0.05, 0) is 0 Å². The molecular formula is C6H14N2O2. The van der Waals surface area contributed by atoms with Crippen molar-refractivity contribution in [3.63, 3.8) is 0 Å². The van der Waals surface area contributed by atoms with Crippen molar-refractivity contribution in [2.45, 2.75) is 13.3 Å². The molecule has 0 fully saturated rings. The van der Waals surface area contributed by atoms with Crippen LogP contribution in [-0.2, 0) is 4.79 Å². The number of carbonyl (C=O) groups excluding carboxylic acids is 2. The van der Waals surface area contributed by atoms with E-state index in [1.807, 2.05) is 0 Å². The zero-order valence-electron chi connectivity index (χ0n) is 6.47. The van der Waals surface area contributed by atoms with Gasteiger partial charge in [0.2, 0.25) is 5.91 Å². The van der Waals surface area contributed by atoms with Crippen molar-refractivity contribution >= 4 is 11.9 Å². The first-order valence-corrected chi connectivity index (χ1v) is 3.09. The third-order valence-electron chi connectivity index (χ3n) is 0.974. The minimum absolute atomic E-state index is 0. The molecule has 1 N–H and O–H groups in total. The van der Waals surface area contributed by atoms with Gasteiger partial charge in [0.15, 0.2) is 0 Å². The number of urea groups is 1. The van der Waals surface area contributed by atoms with Crippen LogP contribution in [0.25, 0.3) is 0 Å². The molecule has 0 aromatic heterocycles. The van der Waals surface area contributed by atoms with E-state index in [0.717, 1.165) is 0 Å². The molecule has 0 aliphatic carbocycles. The normalized spacial score (nSPS) is 8.70. The third kappa shape index (κ3) is 3.06. The molecule has 0 bridgehead atoms. The summed E-state index contributed by atoms with van der Waals surface area (Å²) in [6.07, 6.45) is 0.333. The van der Waals surface area contributed by atoms with Crippen LogP contribution in [0.4, 0.5) is 4.79 Å². The van der Waals surface area contributed by atoms with E-state index in [1.165, 1.54) is 4.90 Å². The van der Waals surface area contributed by atoms with Crippen LogP contribution in [0.5, 0.6) is 0 Å². The van der Waals surface area contributed by atoms with Crippen LogP contribution in [-0.4, -0.2) is 30.9 Å². The maximum absolute atomic E-state index is 10.7. The number of amides is 3. The molecule has 0 atom stereocenters. The lowest BCUT2D eigenvalue weighted by Crippen LogP contribution is -2.38. The van der Waals surface area contributed by atoms with Gasteiger partial charge in [0.25, 0.3) is 0 Å². The summed E-state index contributed by atoms with van der Waals surface area (Å²) in [5.41, 5.74) is 0. The zero-order valence-corrected chi connectivity index (χ0v) is 6.47. The molecule has 0 aliphatic heterocycles. The molecule has 0 saturated carbocycles. The molecule has 0 rings (SSSR count). The van der Waals surface area contributed by atoms with Crippen molar-refractivity contribution in [2.24, 2.45) is 0 Å². The molecule has 60 valence electrons. The monoisotopic (exact) mass is 146 g/mol. The van der Waals surface area contributed by atoms with Crippen LogP contribution in [0.15, 0.2) is 0 Å². The first-order valence-electron chi connectivity index (χ1n) is 3.09. The fourth-order valence-electron chi connectivity index (χ4n) is 0.319. The van der Waals surface area contributed by atoms with Gasteiger partial charge >= 0.3 is 6.03 Å². The Kier molecular flexibility index (Phi) is 3.46. The van der Waals surface area contributed by atoms with Crippen molar-refractivity contribution in [1.29, 1.82) is 0 Å². The summed E-state index contributed by atoms with van der Waals surface area (Å²) in [7, 11) is 3.16. The van der Waals surface area contributed by atoms with Gasteiger partial charge in [0.05, 0.1) is 0 Å². The topological polar surface area (TPSA) is 49.4 Å². The number of hydrogen-bond acceptors (Lipinski definition) is 2. The van der Waals surface area contributed by atoms with Crippen molar-refractivity contribution in [3.8, 4) is 0 Å². The highest BCUT2D eigenvalue weighted by Crippen LogP contribution is 1.79. The maximum Gasteiger partial charge on any atom is 0.323 e. The van der Waals surface area contributed by atoms with E-state index in [2.05, 4.69) is 5.32 Å². The van der Waals surface area contributed by atoms with E-state index in [-0.39, 0.29) is 13.4 Å². The van der Waals surface area contributed by atoms with Gasteiger partial charge < -0.3 is 4.90 Å². The van der Waals surface area contributed by atoms with Crippen molar-refractivity contribution in [1.82, 2.24) is 10.2 Å². The molecule has 0 aromatic rings. The van der Waals surface area contributed by atoms with Crippen LogP contribution in [0.1, 0.15) is 14.8 Å². The number of rotatable bonds is 1. The van der Waals surface area contributed by atoms with Crippen LogP contribution in [0, 0.1) is 0 Å². The highest BCUT2D eigenvalue weighted by Gasteiger charge is 2.05. The Balaban J connectivity index is 0. The van der Waals surface area contributed by atoms with Gasteiger partial charge in [-0.1, -0.05) is 6.92 Å². The molecular weight excluding hydrogens is 132 g/mol. The molecule has 0 spiro atoms. The van der Waals surface area contributed by atoms with Gasteiger partial charge in [-0.3, -0.25) is 10.1 Å². The highest BCUT2D eigenvalue weighted by atomic mass is 16.2. The average Bonchev–Trinajstić information content (AvgIpc) is 1.87. The lowest BCUT2D eigenvalue weighted by atomic mass is 10.5. The van der Waals surface area contributed by atoms with E-state index in [4.69, 9.17) is 0 Å². The summed E-state index contributed by atoms with van der Waals surface area (Å²) in [5, 5.41) is 2.18. The smallest absolute Gasteiger partial charge is 0.323 e. The van der Waals surface area contributed by atoms with E-state index < -0.39 is 0 Å². The quantitative estimate of drug-likeness (QED) is 0.583. The zero-order chi connectivity index (χ0) is 8.15. The van der Waals surface area contributed by atoms with E-state index >= 15 is 0 Å². The first kappa shape index (κ1) is 8.94. The maximum atomic E-state index is 10.7. The second-order valence-electron chi connectivity index (χ2n) is 2.10. The minimum Gasteiger partial charge on any atom is -0.331 e. The number of carbonyl (C=O) groups is 2. The van der Waals surface area contributed by atoms with E-state index in [1.54, 1.807) is 21.0 Å². The molecule has 10 heavy (non-hydrogen) atoms. The molecule has 0 radical (unpaired) electrons. The summed E-state index contributed by atoms with van der Waals surface area (Å²) in [5.74, 6) is -0.251. The van der Waals surface area contributed by atoms with Gasteiger partial charge in [-0.2, -0.15) is 0 Å². The van der Waals surface area contributed by atoms with Gasteiger partial charge in [-0.25, -0.2) is 4.79 Å². The summed E-state index contributed by atoms with van der Waals surface area (Å²) < 4.78 is 0.